The second-order valence-electron chi connectivity index (χ2n) is 7.39. The van der Waals surface area contributed by atoms with Gasteiger partial charge in [-0.05, 0) is 42.4 Å². The lowest BCUT2D eigenvalue weighted by Crippen LogP contribution is -2.35. The molecule has 28 heavy (non-hydrogen) atoms. The van der Waals surface area contributed by atoms with Crippen LogP contribution in [0.4, 0.5) is 8.78 Å². The van der Waals surface area contributed by atoms with Crippen LogP contribution in [0, 0.1) is 23.5 Å². The van der Waals surface area contributed by atoms with E-state index >= 15 is 0 Å². The summed E-state index contributed by atoms with van der Waals surface area (Å²) in [7, 11) is 0. The summed E-state index contributed by atoms with van der Waals surface area (Å²) in [5, 5.41) is -0.568. The average molecular weight is 425 g/mol. The lowest BCUT2D eigenvalue weighted by molar-refractivity contribution is -0.130. The molecular weight excluding hydrogens is 402 g/mol. The maximum absolute atomic E-state index is 14.2. The molecule has 1 heterocycles. The Morgan fingerprint density at radius 1 is 1.11 bits per heavy atom. The predicted octanol–water partition coefficient (Wildman–Crippen LogP) is 4.42. The summed E-state index contributed by atoms with van der Waals surface area (Å²) in [6.45, 7) is 1.38. The number of likely N-dealkylation sites (tertiary alicyclic amines) is 1. The normalized spacial score (nSPS) is 24.5. The minimum Gasteiger partial charge on any atom is -0.341 e. The first kappa shape index (κ1) is 21.1. The molecular formula is C21H23ClF2N2OS. The molecule has 2 aromatic rings. The van der Waals surface area contributed by atoms with Crippen LogP contribution < -0.4 is 5.73 Å². The zero-order chi connectivity index (χ0) is 19.0. The number of nitrogens with two attached hydrogens (primary N) is 1. The van der Waals surface area contributed by atoms with E-state index in [0.717, 1.165) is 36.2 Å². The van der Waals surface area contributed by atoms with Crippen molar-refractivity contribution in [1.29, 1.82) is 0 Å². The summed E-state index contributed by atoms with van der Waals surface area (Å²) in [6, 6.07) is 13.0. The minimum atomic E-state index is -0.644. The van der Waals surface area contributed by atoms with Gasteiger partial charge in [0.15, 0.2) is 0 Å². The fraction of sp³-hybridized carbons (Fsp3) is 0.381. The van der Waals surface area contributed by atoms with Crippen LogP contribution in [0.25, 0.3) is 0 Å². The lowest BCUT2D eigenvalue weighted by atomic mass is 9.98. The number of amides is 1. The van der Waals surface area contributed by atoms with E-state index in [-0.39, 0.29) is 29.3 Å². The molecule has 1 saturated carbocycles. The zero-order valence-corrected chi connectivity index (χ0v) is 16.9. The Morgan fingerprint density at radius 2 is 1.86 bits per heavy atom. The summed E-state index contributed by atoms with van der Waals surface area (Å²) in [5.74, 6) is -0.475. The molecule has 0 bridgehead atoms. The van der Waals surface area contributed by atoms with Crippen LogP contribution in [-0.4, -0.2) is 29.9 Å². The van der Waals surface area contributed by atoms with Crippen LogP contribution in [0.15, 0.2) is 53.4 Å². The van der Waals surface area contributed by atoms with Gasteiger partial charge in [-0.3, -0.25) is 4.79 Å². The van der Waals surface area contributed by atoms with Crippen molar-refractivity contribution in [2.24, 2.45) is 17.6 Å². The highest BCUT2D eigenvalue weighted by Gasteiger charge is 2.44. The highest BCUT2D eigenvalue weighted by atomic mass is 35.5. The highest BCUT2D eigenvalue weighted by molar-refractivity contribution is 8.00. The van der Waals surface area contributed by atoms with Gasteiger partial charge in [-0.25, -0.2) is 8.78 Å². The van der Waals surface area contributed by atoms with Crippen molar-refractivity contribution in [3.8, 4) is 0 Å². The Bertz CT molecular complexity index is 838. The number of hydrogen-bond acceptors (Lipinski definition) is 3. The summed E-state index contributed by atoms with van der Waals surface area (Å²) in [4.78, 5) is 15.5. The molecule has 2 aromatic carbocycles. The maximum Gasteiger partial charge on any atom is 0.240 e. The Kier molecular flexibility index (Phi) is 6.63. The van der Waals surface area contributed by atoms with Crippen LogP contribution in [0.5, 0.6) is 0 Å². The van der Waals surface area contributed by atoms with E-state index in [1.807, 2.05) is 35.2 Å². The zero-order valence-electron chi connectivity index (χ0n) is 15.3. The Labute approximate surface area is 174 Å². The summed E-state index contributed by atoms with van der Waals surface area (Å²) < 4.78 is 27.4. The number of benzene rings is 2. The molecule has 2 aliphatic rings. The van der Waals surface area contributed by atoms with E-state index in [1.54, 1.807) is 0 Å². The van der Waals surface area contributed by atoms with E-state index in [4.69, 9.17) is 5.73 Å². The first-order valence-electron chi connectivity index (χ1n) is 9.24. The molecule has 4 rings (SSSR count). The van der Waals surface area contributed by atoms with Gasteiger partial charge in [-0.2, -0.15) is 0 Å². The maximum atomic E-state index is 14.2. The molecule has 1 saturated heterocycles. The number of thioether (sulfide) groups is 1. The van der Waals surface area contributed by atoms with E-state index < -0.39 is 16.9 Å². The van der Waals surface area contributed by atoms with Gasteiger partial charge in [-0.15, -0.1) is 24.2 Å². The number of nitrogens with zero attached hydrogens (tertiary/aromatic N) is 1. The third-order valence-corrected chi connectivity index (χ3v) is 6.98. The molecule has 7 heteroatoms. The SMILES string of the molecule is Cl.NC1CCC2CN(C(=O)C(Sc3ccc(F)cc3F)c3ccccc3)CC12. The fourth-order valence-corrected chi connectivity index (χ4v) is 5.36. The van der Waals surface area contributed by atoms with Gasteiger partial charge in [0.2, 0.25) is 5.91 Å². The molecule has 1 aliphatic carbocycles. The second kappa shape index (κ2) is 8.80. The standard InChI is InChI=1S/C21H22F2N2OS.ClH/c22-15-7-9-19(17(23)10-15)27-20(13-4-2-1-3-5-13)21(26)25-11-14-6-8-18(24)16(14)12-25;/h1-5,7,9-10,14,16,18,20H,6,8,11-12,24H2;1H. The van der Waals surface area contributed by atoms with Crippen LogP contribution in [0.1, 0.15) is 23.7 Å². The molecule has 2 N–H and O–H groups in total. The van der Waals surface area contributed by atoms with Crippen LogP contribution in [-0.2, 0) is 4.79 Å². The monoisotopic (exact) mass is 424 g/mol. The van der Waals surface area contributed by atoms with Gasteiger partial charge in [0.05, 0.1) is 0 Å². The van der Waals surface area contributed by atoms with Crippen molar-refractivity contribution in [2.45, 2.75) is 29.0 Å². The van der Waals surface area contributed by atoms with Gasteiger partial charge in [-0.1, -0.05) is 30.3 Å². The second-order valence-corrected chi connectivity index (χ2v) is 8.54. The quantitative estimate of drug-likeness (QED) is 0.739. The summed E-state index contributed by atoms with van der Waals surface area (Å²) in [5.41, 5.74) is 7.02. The molecule has 0 spiro atoms. The number of rotatable bonds is 4. The number of hydrogen-bond donors (Lipinski definition) is 1. The van der Waals surface area contributed by atoms with E-state index in [9.17, 15) is 13.6 Å². The number of halogens is 3. The molecule has 2 fully saturated rings. The molecule has 1 aliphatic heterocycles. The van der Waals surface area contributed by atoms with E-state index in [0.29, 0.717) is 24.9 Å². The molecule has 150 valence electrons. The van der Waals surface area contributed by atoms with Crippen molar-refractivity contribution in [1.82, 2.24) is 4.90 Å². The highest BCUT2D eigenvalue weighted by Crippen LogP contribution is 2.42. The third-order valence-electron chi connectivity index (χ3n) is 5.69. The van der Waals surface area contributed by atoms with Gasteiger partial charge in [0, 0.05) is 30.1 Å². The molecule has 0 radical (unpaired) electrons. The smallest absolute Gasteiger partial charge is 0.240 e. The Morgan fingerprint density at radius 3 is 2.54 bits per heavy atom. The van der Waals surface area contributed by atoms with Gasteiger partial charge in [0.1, 0.15) is 16.9 Å². The first-order valence-corrected chi connectivity index (χ1v) is 10.1. The van der Waals surface area contributed by atoms with E-state index in [1.165, 1.54) is 12.1 Å². The average Bonchev–Trinajstić information content (AvgIpc) is 3.24. The van der Waals surface area contributed by atoms with Crippen molar-refractivity contribution < 1.29 is 13.6 Å². The van der Waals surface area contributed by atoms with Crippen molar-refractivity contribution in [2.75, 3.05) is 13.1 Å². The van der Waals surface area contributed by atoms with Crippen LogP contribution in [0.2, 0.25) is 0 Å². The van der Waals surface area contributed by atoms with Crippen molar-refractivity contribution in [3.63, 3.8) is 0 Å². The van der Waals surface area contributed by atoms with Crippen molar-refractivity contribution in [3.05, 3.63) is 65.7 Å². The van der Waals surface area contributed by atoms with Crippen LogP contribution in [0.3, 0.4) is 0 Å². The summed E-state index contributed by atoms with van der Waals surface area (Å²) in [6.07, 6.45) is 2.08. The molecule has 0 aromatic heterocycles. The summed E-state index contributed by atoms with van der Waals surface area (Å²) >= 11 is 1.14. The van der Waals surface area contributed by atoms with Crippen LogP contribution >= 0.6 is 24.2 Å². The number of fused-ring (bicyclic) bond motifs is 1. The first-order chi connectivity index (χ1) is 13.0. The van der Waals surface area contributed by atoms with Gasteiger partial charge >= 0.3 is 0 Å². The fourth-order valence-electron chi connectivity index (χ4n) is 4.24. The lowest BCUT2D eigenvalue weighted by Gasteiger charge is -2.25. The molecule has 1 amide bonds. The Hall–Kier alpha value is -1.63. The predicted molar refractivity (Wildman–Crippen MR) is 109 cm³/mol. The molecule has 3 nitrogen and oxygen atoms in total. The Balaban J connectivity index is 0.00000225. The van der Waals surface area contributed by atoms with Crippen molar-refractivity contribution >= 4 is 30.1 Å². The minimum absolute atomic E-state index is 0. The van der Waals surface area contributed by atoms with E-state index in [2.05, 4.69) is 0 Å². The largest absolute Gasteiger partial charge is 0.341 e. The molecule has 4 unspecified atom stereocenters. The molecule has 4 atom stereocenters. The van der Waals surface area contributed by atoms with Gasteiger partial charge < -0.3 is 10.6 Å². The van der Waals surface area contributed by atoms with Gasteiger partial charge in [0.25, 0.3) is 0 Å². The number of carbonyl (C=O) groups excluding carboxylic acids is 1. The third kappa shape index (κ3) is 4.19. The topological polar surface area (TPSA) is 46.3 Å². The number of carbonyl (C=O) groups is 1.